The number of unbranched alkanes of at least 4 members (excludes halogenated alkanes) is 23. The molecule has 0 saturated heterocycles. The number of hydrogen-bond donors (Lipinski definition) is 3. The van der Waals surface area contributed by atoms with Crippen LogP contribution in [-0.4, -0.2) is 73.4 Å². The van der Waals surface area contributed by atoms with Gasteiger partial charge in [0, 0.05) is 6.42 Å². The molecule has 0 saturated carbocycles. The minimum Gasteiger partial charge on any atom is -0.387 e. The van der Waals surface area contributed by atoms with Gasteiger partial charge in [-0.3, -0.25) is 13.8 Å². The highest BCUT2D eigenvalue weighted by molar-refractivity contribution is 7.47. The first-order chi connectivity index (χ1) is 24.5. The number of phosphoric acid groups is 1. The van der Waals surface area contributed by atoms with Crippen LogP contribution in [0.1, 0.15) is 187 Å². The molecule has 0 aliphatic heterocycles. The van der Waals surface area contributed by atoms with E-state index in [4.69, 9.17) is 9.05 Å². The minimum absolute atomic E-state index is 0.0580. The maximum atomic E-state index is 12.8. The maximum Gasteiger partial charge on any atom is 0.472 e. The molecule has 0 heterocycles. The van der Waals surface area contributed by atoms with E-state index >= 15 is 0 Å². The number of phosphoric ester groups is 1. The van der Waals surface area contributed by atoms with Gasteiger partial charge in [-0.25, -0.2) is 4.57 Å². The number of allylic oxidation sites excluding steroid dienone is 3. The van der Waals surface area contributed by atoms with E-state index < -0.39 is 20.0 Å². The first kappa shape index (κ1) is 50.0. The number of nitrogens with zero attached hydrogens (tertiary/aromatic N) is 1. The Morgan fingerprint density at radius 3 is 1.57 bits per heavy atom. The molecule has 9 heteroatoms. The number of hydrogen-bond acceptors (Lipinski definition) is 5. The quantitative estimate of drug-likeness (QED) is 0.0252. The largest absolute Gasteiger partial charge is 0.472 e. The standard InChI is InChI=1S/C42H83N2O6P/c1-6-8-10-12-14-16-18-20-21-22-23-24-26-28-30-32-34-36-42(46)43-40(39-50-51(47,48)49-38-37-44(3,4)5)41(45)35-33-31-29-27-25-19-17-15-13-11-9-7-2/h25,27,33,35,40-41,45H,6-24,26,28-32,34,36-39H2,1-5H3,(H-,43,46,47,48)/p+1/b27-25+,35-33+/t40-,41+/m0/s1. The van der Waals surface area contributed by atoms with Crippen molar-refractivity contribution in [1.82, 2.24) is 5.32 Å². The molecule has 302 valence electrons. The van der Waals surface area contributed by atoms with Crippen LogP contribution in [0.15, 0.2) is 24.3 Å². The van der Waals surface area contributed by atoms with Gasteiger partial charge in [-0.2, -0.15) is 0 Å². The molecule has 0 bridgehead atoms. The number of amides is 1. The van der Waals surface area contributed by atoms with Crippen molar-refractivity contribution >= 4 is 13.7 Å². The fourth-order valence-electron chi connectivity index (χ4n) is 6.00. The summed E-state index contributed by atoms with van der Waals surface area (Å²) in [6.07, 6.45) is 39.6. The number of carbonyl (C=O) groups is 1. The van der Waals surface area contributed by atoms with Gasteiger partial charge in [0.25, 0.3) is 0 Å². The van der Waals surface area contributed by atoms with Crippen LogP contribution in [0.5, 0.6) is 0 Å². The summed E-state index contributed by atoms with van der Waals surface area (Å²) in [6, 6.07) is -0.856. The molecule has 0 aromatic heterocycles. The molecule has 3 N–H and O–H groups in total. The zero-order valence-corrected chi connectivity index (χ0v) is 35.0. The molecule has 51 heavy (non-hydrogen) atoms. The van der Waals surface area contributed by atoms with Crippen LogP contribution in [0.3, 0.4) is 0 Å². The van der Waals surface area contributed by atoms with Crippen molar-refractivity contribution in [2.45, 2.75) is 199 Å². The Labute approximate surface area is 315 Å². The Bertz CT molecular complexity index is 891. The van der Waals surface area contributed by atoms with E-state index in [1.807, 2.05) is 27.2 Å². The number of aliphatic hydroxyl groups excluding tert-OH is 1. The predicted octanol–water partition coefficient (Wildman–Crippen LogP) is 11.4. The van der Waals surface area contributed by atoms with Gasteiger partial charge in [0.05, 0.1) is 39.9 Å². The van der Waals surface area contributed by atoms with E-state index in [1.54, 1.807) is 6.08 Å². The summed E-state index contributed by atoms with van der Waals surface area (Å²) in [5.74, 6) is -0.187. The van der Waals surface area contributed by atoms with E-state index in [9.17, 15) is 19.4 Å². The molecule has 8 nitrogen and oxygen atoms in total. The molecular formula is C42H84N2O6P+. The van der Waals surface area contributed by atoms with Crippen molar-refractivity contribution in [3.63, 3.8) is 0 Å². The fraction of sp³-hybridized carbons (Fsp3) is 0.881. The summed E-state index contributed by atoms with van der Waals surface area (Å²) in [5, 5.41) is 13.8. The van der Waals surface area contributed by atoms with Crippen molar-refractivity contribution < 1.29 is 32.9 Å². The predicted molar refractivity (Wildman–Crippen MR) is 217 cm³/mol. The Kier molecular flexibility index (Phi) is 34.0. The molecule has 0 fully saturated rings. The molecule has 0 aliphatic carbocycles. The van der Waals surface area contributed by atoms with Crippen molar-refractivity contribution in [3.05, 3.63) is 24.3 Å². The highest BCUT2D eigenvalue weighted by Crippen LogP contribution is 2.43. The monoisotopic (exact) mass is 744 g/mol. The van der Waals surface area contributed by atoms with Crippen molar-refractivity contribution in [3.8, 4) is 0 Å². The average molecular weight is 744 g/mol. The zero-order valence-electron chi connectivity index (χ0n) is 34.1. The lowest BCUT2D eigenvalue weighted by Crippen LogP contribution is -2.45. The number of quaternary nitrogens is 1. The number of rotatable bonds is 38. The number of aliphatic hydroxyl groups is 1. The normalized spacial score (nSPS) is 14.7. The van der Waals surface area contributed by atoms with Crippen molar-refractivity contribution in [1.29, 1.82) is 0 Å². The number of nitrogens with one attached hydrogen (secondary N) is 1. The topological polar surface area (TPSA) is 105 Å². The van der Waals surface area contributed by atoms with Crippen LogP contribution in [0, 0.1) is 0 Å². The summed E-state index contributed by atoms with van der Waals surface area (Å²) in [7, 11) is 1.56. The van der Waals surface area contributed by atoms with E-state index in [1.165, 1.54) is 128 Å². The Morgan fingerprint density at radius 2 is 1.08 bits per heavy atom. The lowest BCUT2D eigenvalue weighted by molar-refractivity contribution is -0.870. The van der Waals surface area contributed by atoms with Gasteiger partial charge in [-0.15, -0.1) is 0 Å². The molecular weight excluding hydrogens is 659 g/mol. The van der Waals surface area contributed by atoms with Crippen molar-refractivity contribution in [2.75, 3.05) is 40.9 Å². The Morgan fingerprint density at radius 1 is 0.647 bits per heavy atom. The van der Waals surface area contributed by atoms with Gasteiger partial charge in [0.1, 0.15) is 13.2 Å². The molecule has 0 aliphatic rings. The molecule has 1 amide bonds. The average Bonchev–Trinajstić information content (AvgIpc) is 3.07. The summed E-state index contributed by atoms with van der Waals surface area (Å²) in [5.41, 5.74) is 0. The maximum absolute atomic E-state index is 12.8. The van der Waals surface area contributed by atoms with Gasteiger partial charge in [0.15, 0.2) is 0 Å². The van der Waals surface area contributed by atoms with Crippen LogP contribution < -0.4 is 5.32 Å². The van der Waals surface area contributed by atoms with Gasteiger partial charge in [0.2, 0.25) is 5.91 Å². The van der Waals surface area contributed by atoms with Gasteiger partial charge >= 0.3 is 7.82 Å². The third-order valence-electron chi connectivity index (χ3n) is 9.42. The first-order valence-corrected chi connectivity index (χ1v) is 22.7. The third-order valence-corrected chi connectivity index (χ3v) is 10.4. The first-order valence-electron chi connectivity index (χ1n) is 21.2. The SMILES string of the molecule is CCCCCCCC/C=C/CC/C=C/[C@@H](O)[C@H](COP(=O)(O)OCC[N+](C)(C)C)NC(=O)CCCCCCCCCCCCCCCCCCC. The fourth-order valence-corrected chi connectivity index (χ4v) is 6.73. The van der Waals surface area contributed by atoms with Crippen LogP contribution >= 0.6 is 7.82 Å². The van der Waals surface area contributed by atoms with Gasteiger partial charge < -0.3 is 19.8 Å². The molecule has 0 radical (unpaired) electrons. The molecule has 3 atom stereocenters. The van der Waals surface area contributed by atoms with Crippen LogP contribution in [0.4, 0.5) is 0 Å². The van der Waals surface area contributed by atoms with E-state index in [0.717, 1.165) is 38.5 Å². The Balaban J connectivity index is 4.44. The van der Waals surface area contributed by atoms with Gasteiger partial charge in [-0.05, 0) is 32.1 Å². The van der Waals surface area contributed by atoms with Crippen LogP contribution in [-0.2, 0) is 18.4 Å². The molecule has 0 aromatic carbocycles. The number of likely N-dealkylation sites (N-methyl/N-ethyl adjacent to an activating group) is 1. The summed E-state index contributed by atoms with van der Waals surface area (Å²) >= 11 is 0. The summed E-state index contributed by atoms with van der Waals surface area (Å²) in [4.78, 5) is 23.0. The molecule has 0 aromatic rings. The lowest BCUT2D eigenvalue weighted by atomic mass is 10.0. The summed E-state index contributed by atoms with van der Waals surface area (Å²) < 4.78 is 23.5. The molecule has 0 spiro atoms. The van der Waals surface area contributed by atoms with Crippen molar-refractivity contribution in [2.24, 2.45) is 0 Å². The van der Waals surface area contributed by atoms with Crippen LogP contribution in [0.2, 0.25) is 0 Å². The van der Waals surface area contributed by atoms with E-state index in [0.29, 0.717) is 17.4 Å². The van der Waals surface area contributed by atoms with Crippen LogP contribution in [0.25, 0.3) is 0 Å². The van der Waals surface area contributed by atoms with E-state index in [2.05, 4.69) is 31.3 Å². The van der Waals surface area contributed by atoms with Gasteiger partial charge in [-0.1, -0.05) is 173 Å². The lowest BCUT2D eigenvalue weighted by Gasteiger charge is -2.25. The molecule has 0 rings (SSSR count). The number of carbonyl (C=O) groups excluding carboxylic acids is 1. The molecule has 1 unspecified atom stereocenters. The minimum atomic E-state index is -4.34. The second-order valence-electron chi connectivity index (χ2n) is 15.7. The van der Waals surface area contributed by atoms with E-state index in [-0.39, 0.29) is 19.1 Å². The zero-order chi connectivity index (χ0) is 37.9. The highest BCUT2D eigenvalue weighted by Gasteiger charge is 2.27. The smallest absolute Gasteiger partial charge is 0.387 e. The highest BCUT2D eigenvalue weighted by atomic mass is 31.2. The second-order valence-corrected chi connectivity index (χ2v) is 17.2. The Hall–Kier alpha value is -1.02. The second kappa shape index (κ2) is 34.7. The third kappa shape index (κ3) is 37.1. The summed E-state index contributed by atoms with van der Waals surface area (Å²) in [6.45, 7) is 4.77.